The van der Waals surface area contributed by atoms with Crippen LogP contribution in [0.3, 0.4) is 0 Å². The highest BCUT2D eigenvalue weighted by molar-refractivity contribution is 5.90. The number of halogens is 2. The van der Waals surface area contributed by atoms with Crippen molar-refractivity contribution in [2.45, 2.75) is 31.4 Å². The largest absolute Gasteiger partial charge is 0.384 e. The number of hydrogen-bond donors (Lipinski definition) is 2. The number of ether oxygens (including phenoxy) is 1. The third-order valence-electron chi connectivity index (χ3n) is 7.68. The Hall–Kier alpha value is -4.11. The van der Waals surface area contributed by atoms with Crippen LogP contribution in [-0.4, -0.2) is 53.0 Å². The minimum atomic E-state index is -3.07. The summed E-state index contributed by atoms with van der Waals surface area (Å²) in [6.07, 6.45) is 3.96. The summed E-state index contributed by atoms with van der Waals surface area (Å²) in [5.74, 6) is -3.49. The number of H-pyrrole nitrogens is 1. The van der Waals surface area contributed by atoms with Crippen LogP contribution in [0, 0.1) is 5.92 Å². The monoisotopic (exact) mass is 530 g/mol. The van der Waals surface area contributed by atoms with Gasteiger partial charge in [-0.05, 0) is 35.2 Å². The second-order valence-electron chi connectivity index (χ2n) is 10.3. The van der Waals surface area contributed by atoms with E-state index in [1.165, 1.54) is 12.1 Å². The van der Waals surface area contributed by atoms with Crippen molar-refractivity contribution in [1.29, 1.82) is 0 Å². The van der Waals surface area contributed by atoms with Crippen LogP contribution in [-0.2, 0) is 33.2 Å². The van der Waals surface area contributed by atoms with Gasteiger partial charge in [0.2, 0.25) is 11.8 Å². The maximum absolute atomic E-state index is 14.9. The summed E-state index contributed by atoms with van der Waals surface area (Å²) in [6.45, 7) is 1.13. The van der Waals surface area contributed by atoms with E-state index in [1.54, 1.807) is 54.7 Å². The molecule has 9 heteroatoms. The summed E-state index contributed by atoms with van der Waals surface area (Å²) >= 11 is 0. The molecule has 2 aromatic carbocycles. The molecule has 0 radical (unpaired) electrons. The number of rotatable bonds is 7. The average Bonchev–Trinajstić information content (AvgIpc) is 3.61. The Balaban J connectivity index is 1.18. The molecule has 39 heavy (non-hydrogen) atoms. The molecule has 200 valence electrons. The van der Waals surface area contributed by atoms with Crippen molar-refractivity contribution in [3.05, 3.63) is 89.4 Å². The van der Waals surface area contributed by atoms with Crippen LogP contribution in [0.4, 0.5) is 8.78 Å². The number of alkyl halides is 2. The number of methoxy groups -OCH3 is 1. The first-order valence-electron chi connectivity index (χ1n) is 12.9. The van der Waals surface area contributed by atoms with E-state index in [1.807, 2.05) is 12.1 Å². The number of hydrogen-bond acceptors (Lipinski definition) is 4. The Morgan fingerprint density at radius 3 is 2.77 bits per heavy atom. The zero-order valence-corrected chi connectivity index (χ0v) is 21.4. The third-order valence-corrected chi connectivity index (χ3v) is 7.68. The highest BCUT2D eigenvalue weighted by Crippen LogP contribution is 2.51. The SMILES string of the molecule is COCC1CC(C(=O)NCc2cc3cnccc3[nH]2)N(C(=O)Cc2ccc3c(c2)-c2ccccc2C3(F)F)C1. The van der Waals surface area contributed by atoms with E-state index in [4.69, 9.17) is 4.74 Å². The summed E-state index contributed by atoms with van der Waals surface area (Å²) in [4.78, 5) is 35.7. The molecule has 1 aliphatic heterocycles. The van der Waals surface area contributed by atoms with Crippen molar-refractivity contribution in [3.8, 4) is 11.1 Å². The Morgan fingerprint density at radius 1 is 1.13 bits per heavy atom. The van der Waals surface area contributed by atoms with Crippen molar-refractivity contribution >= 4 is 22.7 Å². The van der Waals surface area contributed by atoms with Crippen LogP contribution in [0.15, 0.2) is 67.0 Å². The summed E-state index contributed by atoms with van der Waals surface area (Å²) in [6, 6.07) is 14.3. The molecule has 2 atom stereocenters. The van der Waals surface area contributed by atoms with Gasteiger partial charge in [0.1, 0.15) is 6.04 Å². The summed E-state index contributed by atoms with van der Waals surface area (Å²) < 4.78 is 35.2. The number of fused-ring (bicyclic) bond motifs is 4. The van der Waals surface area contributed by atoms with Gasteiger partial charge in [-0.1, -0.05) is 42.5 Å². The topological polar surface area (TPSA) is 87.3 Å². The molecule has 7 nitrogen and oxygen atoms in total. The average molecular weight is 531 g/mol. The molecular weight excluding hydrogens is 502 g/mol. The number of aromatic nitrogens is 2. The van der Waals surface area contributed by atoms with E-state index in [9.17, 15) is 18.4 Å². The van der Waals surface area contributed by atoms with Crippen LogP contribution in [0.2, 0.25) is 0 Å². The zero-order chi connectivity index (χ0) is 27.1. The van der Waals surface area contributed by atoms with Gasteiger partial charge in [0.25, 0.3) is 5.92 Å². The number of likely N-dealkylation sites (tertiary alicyclic amines) is 1. The van der Waals surface area contributed by atoms with Crippen LogP contribution in [0.1, 0.15) is 28.8 Å². The highest BCUT2D eigenvalue weighted by Gasteiger charge is 2.44. The fourth-order valence-electron chi connectivity index (χ4n) is 5.84. The lowest BCUT2D eigenvalue weighted by Gasteiger charge is -2.24. The van der Waals surface area contributed by atoms with Gasteiger partial charge < -0.3 is 19.9 Å². The predicted octanol–water partition coefficient (Wildman–Crippen LogP) is 4.41. The van der Waals surface area contributed by atoms with E-state index < -0.39 is 12.0 Å². The highest BCUT2D eigenvalue weighted by atomic mass is 19.3. The van der Waals surface area contributed by atoms with Gasteiger partial charge in [0.15, 0.2) is 0 Å². The quantitative estimate of drug-likeness (QED) is 0.371. The molecule has 0 saturated carbocycles. The van der Waals surface area contributed by atoms with Gasteiger partial charge in [-0.3, -0.25) is 14.6 Å². The third kappa shape index (κ3) is 4.57. The molecule has 3 heterocycles. The molecule has 2 aliphatic rings. The standard InChI is InChI=1S/C30H28F2N4O3/c1-39-17-19-11-27(29(38)34-15-21-13-20-14-33-9-8-26(20)35-21)36(16-19)28(37)12-18-6-7-25-23(10-18)22-4-2-3-5-24(22)30(25,31)32/h2-10,13-14,19,27,35H,11-12,15-17H2,1H3,(H,34,38). The zero-order valence-electron chi connectivity index (χ0n) is 21.4. The molecular formula is C30H28F2N4O3. The van der Waals surface area contributed by atoms with Gasteiger partial charge in [-0.15, -0.1) is 0 Å². The number of carbonyl (C=O) groups is 2. The Morgan fingerprint density at radius 2 is 1.95 bits per heavy atom. The number of nitrogens with one attached hydrogen (secondary N) is 2. The van der Waals surface area contributed by atoms with Gasteiger partial charge >= 0.3 is 0 Å². The Kier molecular flexibility index (Phi) is 6.38. The van der Waals surface area contributed by atoms with Crippen molar-refractivity contribution < 1.29 is 23.1 Å². The molecule has 2 amide bonds. The summed E-state index contributed by atoms with van der Waals surface area (Å²) in [5.41, 5.74) is 3.26. The van der Waals surface area contributed by atoms with E-state index in [0.717, 1.165) is 16.6 Å². The molecule has 2 aromatic heterocycles. The van der Waals surface area contributed by atoms with Gasteiger partial charge in [-0.25, -0.2) is 0 Å². The van der Waals surface area contributed by atoms with Crippen LogP contribution < -0.4 is 5.32 Å². The molecule has 1 fully saturated rings. The first kappa shape index (κ1) is 25.2. The minimum absolute atomic E-state index is 0.0134. The number of aromatic amines is 1. The number of benzene rings is 2. The van der Waals surface area contributed by atoms with Gasteiger partial charge in [0.05, 0.1) is 19.6 Å². The summed E-state index contributed by atoms with van der Waals surface area (Å²) in [7, 11) is 1.60. The maximum atomic E-state index is 14.9. The number of pyridine rings is 1. The lowest BCUT2D eigenvalue weighted by Crippen LogP contribution is -2.46. The fraction of sp³-hybridized carbons (Fsp3) is 0.300. The van der Waals surface area contributed by atoms with Crippen molar-refractivity contribution in [2.75, 3.05) is 20.3 Å². The van der Waals surface area contributed by atoms with Crippen LogP contribution >= 0.6 is 0 Å². The normalized spacial score (nSPS) is 19.2. The molecule has 1 aliphatic carbocycles. The Bertz CT molecular complexity index is 1530. The van der Waals surface area contributed by atoms with Crippen molar-refractivity contribution in [1.82, 2.24) is 20.2 Å². The first-order chi connectivity index (χ1) is 18.8. The second-order valence-corrected chi connectivity index (χ2v) is 10.3. The molecule has 1 saturated heterocycles. The van der Waals surface area contributed by atoms with E-state index in [2.05, 4.69) is 15.3 Å². The molecule has 0 bridgehead atoms. The van der Waals surface area contributed by atoms with Crippen molar-refractivity contribution in [3.63, 3.8) is 0 Å². The van der Waals surface area contributed by atoms with Gasteiger partial charge in [0, 0.05) is 59.7 Å². The first-order valence-corrected chi connectivity index (χ1v) is 12.9. The molecule has 2 unspecified atom stereocenters. The molecule has 2 N–H and O–H groups in total. The maximum Gasteiger partial charge on any atom is 0.299 e. The minimum Gasteiger partial charge on any atom is -0.384 e. The summed E-state index contributed by atoms with van der Waals surface area (Å²) in [5, 5.41) is 3.91. The van der Waals surface area contributed by atoms with Gasteiger partial charge in [-0.2, -0.15) is 8.78 Å². The number of nitrogens with zero attached hydrogens (tertiary/aromatic N) is 2. The second kappa shape index (κ2) is 9.89. The van der Waals surface area contributed by atoms with Crippen LogP contribution in [0.25, 0.3) is 22.0 Å². The number of amides is 2. The fourth-order valence-corrected chi connectivity index (χ4v) is 5.84. The van der Waals surface area contributed by atoms with E-state index in [-0.39, 0.29) is 35.3 Å². The van der Waals surface area contributed by atoms with Crippen molar-refractivity contribution in [2.24, 2.45) is 5.92 Å². The molecule has 6 rings (SSSR count). The molecule has 0 spiro atoms. The molecule has 4 aromatic rings. The number of carbonyl (C=O) groups excluding carboxylic acids is 2. The predicted molar refractivity (Wildman–Crippen MR) is 142 cm³/mol. The van der Waals surface area contributed by atoms with E-state index >= 15 is 0 Å². The Labute approximate surface area is 224 Å². The van der Waals surface area contributed by atoms with Crippen LogP contribution in [0.5, 0.6) is 0 Å². The smallest absolute Gasteiger partial charge is 0.299 e. The lowest BCUT2D eigenvalue weighted by molar-refractivity contribution is -0.138. The lowest BCUT2D eigenvalue weighted by atomic mass is 10.0. The van der Waals surface area contributed by atoms with E-state index in [0.29, 0.717) is 42.8 Å².